The summed E-state index contributed by atoms with van der Waals surface area (Å²) < 4.78 is 38.6. The molecule has 2 aromatic carbocycles. The molecule has 0 fully saturated rings. The van der Waals surface area contributed by atoms with Gasteiger partial charge in [0.05, 0.1) is 5.56 Å². The Morgan fingerprint density at radius 2 is 1.71 bits per heavy atom. The van der Waals surface area contributed by atoms with E-state index in [0.29, 0.717) is 18.0 Å². The van der Waals surface area contributed by atoms with E-state index in [1.54, 1.807) is 6.07 Å². The lowest BCUT2D eigenvalue weighted by atomic mass is 9.77. The highest BCUT2D eigenvalue weighted by molar-refractivity contribution is 5.40. The molecule has 4 heteroatoms. The second-order valence-electron chi connectivity index (χ2n) is 5.39. The maximum Gasteiger partial charge on any atom is 0.416 e. The van der Waals surface area contributed by atoms with Crippen LogP contribution in [0.2, 0.25) is 0 Å². The first-order valence-corrected chi connectivity index (χ1v) is 6.99. The second-order valence-corrected chi connectivity index (χ2v) is 5.39. The molecule has 1 aliphatic carbocycles. The Labute approximate surface area is 121 Å². The van der Waals surface area contributed by atoms with Gasteiger partial charge in [0.1, 0.15) is 0 Å². The molecule has 2 aromatic rings. The van der Waals surface area contributed by atoms with Gasteiger partial charge in [-0.1, -0.05) is 42.5 Å². The fourth-order valence-electron chi connectivity index (χ4n) is 2.88. The third-order valence-corrected chi connectivity index (χ3v) is 3.99. The Morgan fingerprint density at radius 3 is 2.48 bits per heavy atom. The largest absolute Gasteiger partial charge is 0.416 e. The number of fused-ring (bicyclic) bond motifs is 1. The predicted molar refractivity (Wildman–Crippen MR) is 76.0 cm³/mol. The number of halogens is 3. The molecule has 0 saturated heterocycles. The van der Waals surface area contributed by atoms with Crippen molar-refractivity contribution in [2.75, 3.05) is 6.54 Å². The highest BCUT2D eigenvalue weighted by Gasteiger charge is 2.32. The van der Waals surface area contributed by atoms with Crippen molar-refractivity contribution < 1.29 is 13.2 Å². The van der Waals surface area contributed by atoms with Crippen LogP contribution >= 0.6 is 0 Å². The molecule has 0 aliphatic heterocycles. The van der Waals surface area contributed by atoms with E-state index in [1.165, 1.54) is 23.3 Å². The smallest absolute Gasteiger partial charge is 0.312 e. The molecule has 110 valence electrons. The van der Waals surface area contributed by atoms with Crippen LogP contribution in [0.5, 0.6) is 0 Å². The molecule has 1 nitrogen and oxygen atoms in total. The van der Waals surface area contributed by atoms with Crippen molar-refractivity contribution in [1.82, 2.24) is 5.32 Å². The third kappa shape index (κ3) is 2.95. The van der Waals surface area contributed by atoms with Gasteiger partial charge in [-0.15, -0.1) is 0 Å². The van der Waals surface area contributed by atoms with Crippen molar-refractivity contribution in [3.05, 3.63) is 70.8 Å². The topological polar surface area (TPSA) is 12.0 Å². The Morgan fingerprint density at radius 1 is 1.00 bits per heavy atom. The predicted octanol–water partition coefficient (Wildman–Crippen LogP) is 4.13. The van der Waals surface area contributed by atoms with E-state index in [-0.39, 0.29) is 6.54 Å². The monoisotopic (exact) mass is 291 g/mol. The first-order valence-electron chi connectivity index (χ1n) is 6.99. The Hall–Kier alpha value is -1.81. The van der Waals surface area contributed by atoms with Crippen LogP contribution in [0.3, 0.4) is 0 Å². The van der Waals surface area contributed by atoms with Gasteiger partial charge in [0.15, 0.2) is 0 Å². The summed E-state index contributed by atoms with van der Waals surface area (Å²) >= 11 is 0. The van der Waals surface area contributed by atoms with Crippen LogP contribution in [-0.4, -0.2) is 6.54 Å². The lowest BCUT2D eigenvalue weighted by molar-refractivity contribution is -0.138. The number of nitrogens with one attached hydrogen (secondary N) is 1. The number of hydrogen-bond acceptors (Lipinski definition) is 1. The quantitative estimate of drug-likeness (QED) is 0.893. The summed E-state index contributed by atoms with van der Waals surface area (Å²) in [5, 5.41) is 3.16. The molecule has 1 unspecified atom stereocenters. The molecule has 0 heterocycles. The van der Waals surface area contributed by atoms with Crippen LogP contribution in [0.1, 0.15) is 28.2 Å². The molecule has 0 spiro atoms. The zero-order valence-corrected chi connectivity index (χ0v) is 11.5. The summed E-state index contributed by atoms with van der Waals surface area (Å²) in [7, 11) is 0. The lowest BCUT2D eigenvalue weighted by Gasteiger charge is -2.30. The van der Waals surface area contributed by atoms with E-state index >= 15 is 0 Å². The van der Waals surface area contributed by atoms with Crippen molar-refractivity contribution in [3.8, 4) is 0 Å². The van der Waals surface area contributed by atoms with Crippen molar-refractivity contribution in [1.29, 1.82) is 0 Å². The summed E-state index contributed by atoms with van der Waals surface area (Å²) in [6, 6.07) is 13.9. The number of hydrogen-bond donors (Lipinski definition) is 1. The Kier molecular flexibility index (Phi) is 3.72. The highest BCUT2D eigenvalue weighted by Crippen LogP contribution is 2.34. The Bertz CT molecular complexity index is 634. The van der Waals surface area contributed by atoms with Crippen LogP contribution in [0.25, 0.3) is 0 Å². The van der Waals surface area contributed by atoms with E-state index in [2.05, 4.69) is 17.4 Å². The molecule has 21 heavy (non-hydrogen) atoms. The highest BCUT2D eigenvalue weighted by atomic mass is 19.4. The van der Waals surface area contributed by atoms with Crippen LogP contribution < -0.4 is 5.32 Å². The van der Waals surface area contributed by atoms with Crippen molar-refractivity contribution >= 4 is 0 Å². The summed E-state index contributed by atoms with van der Waals surface area (Å²) in [6.45, 7) is 0.956. The fraction of sp³-hybridized carbons (Fsp3) is 0.294. The standard InChI is InChI=1S/C17H16F3N/c18-17(19,20)16-8-4-2-6-13(16)10-21-11-14-9-12-5-1-3-7-15(12)14/h1-8,14,21H,9-11H2. The maximum atomic E-state index is 12.9. The molecule has 3 rings (SSSR count). The molecule has 0 bridgehead atoms. The average Bonchev–Trinajstić information content (AvgIpc) is 2.43. The minimum atomic E-state index is -4.29. The second kappa shape index (κ2) is 5.53. The van der Waals surface area contributed by atoms with Crippen molar-refractivity contribution in [3.63, 3.8) is 0 Å². The normalized spacial score (nSPS) is 17.2. The fourth-order valence-corrected chi connectivity index (χ4v) is 2.88. The minimum absolute atomic E-state index is 0.244. The first-order chi connectivity index (χ1) is 10.1. The third-order valence-electron chi connectivity index (χ3n) is 3.99. The number of alkyl halides is 3. The lowest BCUT2D eigenvalue weighted by Crippen LogP contribution is -2.29. The zero-order chi connectivity index (χ0) is 14.9. The molecular formula is C17H16F3N. The van der Waals surface area contributed by atoms with Gasteiger partial charge in [0.2, 0.25) is 0 Å². The van der Waals surface area contributed by atoms with E-state index in [1.807, 2.05) is 12.1 Å². The molecule has 0 radical (unpaired) electrons. The van der Waals surface area contributed by atoms with Gasteiger partial charge >= 0.3 is 6.18 Å². The van der Waals surface area contributed by atoms with Crippen LogP contribution in [-0.2, 0) is 19.1 Å². The van der Waals surface area contributed by atoms with E-state index in [0.717, 1.165) is 12.5 Å². The summed E-state index contributed by atoms with van der Waals surface area (Å²) in [5.74, 6) is 0.416. The molecule has 0 amide bonds. The van der Waals surface area contributed by atoms with Gasteiger partial charge in [-0.05, 0) is 29.2 Å². The average molecular weight is 291 g/mol. The molecule has 0 saturated carbocycles. The SMILES string of the molecule is FC(F)(F)c1ccccc1CNCC1Cc2ccccc21. The molecular weight excluding hydrogens is 275 g/mol. The molecule has 1 atom stereocenters. The van der Waals surface area contributed by atoms with Gasteiger partial charge in [0.25, 0.3) is 0 Å². The molecule has 0 aromatic heterocycles. The van der Waals surface area contributed by atoms with Gasteiger partial charge in [-0.3, -0.25) is 0 Å². The van der Waals surface area contributed by atoms with E-state index < -0.39 is 11.7 Å². The van der Waals surface area contributed by atoms with Gasteiger partial charge in [0, 0.05) is 19.0 Å². The van der Waals surface area contributed by atoms with Gasteiger partial charge < -0.3 is 5.32 Å². The van der Waals surface area contributed by atoms with Crippen LogP contribution in [0, 0.1) is 0 Å². The van der Waals surface area contributed by atoms with Crippen LogP contribution in [0.4, 0.5) is 13.2 Å². The summed E-state index contributed by atoms with van der Waals surface area (Å²) in [6.07, 6.45) is -3.29. The maximum absolute atomic E-state index is 12.9. The number of benzene rings is 2. The summed E-state index contributed by atoms with van der Waals surface area (Å²) in [5.41, 5.74) is 2.42. The summed E-state index contributed by atoms with van der Waals surface area (Å²) in [4.78, 5) is 0. The van der Waals surface area contributed by atoms with Crippen molar-refractivity contribution in [2.45, 2.75) is 25.1 Å². The first kappa shape index (κ1) is 14.1. The molecule has 1 N–H and O–H groups in total. The minimum Gasteiger partial charge on any atom is -0.312 e. The van der Waals surface area contributed by atoms with E-state index in [9.17, 15) is 13.2 Å². The van der Waals surface area contributed by atoms with Crippen molar-refractivity contribution in [2.24, 2.45) is 0 Å². The van der Waals surface area contributed by atoms with Gasteiger partial charge in [-0.2, -0.15) is 13.2 Å². The zero-order valence-electron chi connectivity index (χ0n) is 11.5. The van der Waals surface area contributed by atoms with Crippen LogP contribution in [0.15, 0.2) is 48.5 Å². The molecule has 1 aliphatic rings. The van der Waals surface area contributed by atoms with Gasteiger partial charge in [-0.25, -0.2) is 0 Å². The number of rotatable bonds is 4. The Balaban J connectivity index is 1.60. The van der Waals surface area contributed by atoms with E-state index in [4.69, 9.17) is 0 Å².